The first-order valence-electron chi connectivity index (χ1n) is 13.9. The zero-order chi connectivity index (χ0) is 28.7. The van der Waals surface area contributed by atoms with Gasteiger partial charge in [0.05, 0.1) is 26.8 Å². The second kappa shape index (κ2) is 12.0. The monoisotopic (exact) mass is 630 g/mol. The van der Waals surface area contributed by atoms with Gasteiger partial charge in [-0.15, -0.1) is 23.4 Å². The van der Waals surface area contributed by atoms with E-state index in [1.807, 2.05) is 24.3 Å². The highest BCUT2D eigenvalue weighted by molar-refractivity contribution is 8.00. The molecule has 0 spiro atoms. The Kier molecular flexibility index (Phi) is 8.42. The van der Waals surface area contributed by atoms with Crippen LogP contribution in [0.4, 0.5) is 11.4 Å². The van der Waals surface area contributed by atoms with Crippen molar-refractivity contribution in [2.24, 2.45) is 5.92 Å². The van der Waals surface area contributed by atoms with E-state index >= 15 is 0 Å². The number of nitrogens with zero attached hydrogens (tertiary/aromatic N) is 1. The smallest absolute Gasteiger partial charge is 0.338 e. The fourth-order valence-electron chi connectivity index (χ4n) is 6.58. The van der Waals surface area contributed by atoms with E-state index in [2.05, 4.69) is 5.32 Å². The van der Waals surface area contributed by atoms with E-state index in [9.17, 15) is 14.9 Å². The summed E-state index contributed by atoms with van der Waals surface area (Å²) in [7, 11) is 0. The molecular weight excluding hydrogens is 603 g/mol. The lowest BCUT2D eigenvalue weighted by Gasteiger charge is -2.39. The zero-order valence-corrected chi connectivity index (χ0v) is 25.2. The number of anilines is 1. The van der Waals surface area contributed by atoms with E-state index in [-0.39, 0.29) is 51.2 Å². The van der Waals surface area contributed by atoms with Gasteiger partial charge in [-0.05, 0) is 85.5 Å². The van der Waals surface area contributed by atoms with Gasteiger partial charge in [-0.25, -0.2) is 4.79 Å². The predicted octanol–water partition coefficient (Wildman–Crippen LogP) is 9.43. The molecule has 214 valence electrons. The minimum atomic E-state index is -0.356. The Morgan fingerprint density at radius 3 is 2.54 bits per heavy atom. The molecule has 5 atom stereocenters. The maximum absolute atomic E-state index is 13.2. The lowest BCUT2D eigenvalue weighted by atomic mass is 9.77. The molecule has 0 bridgehead atoms. The average Bonchev–Trinajstić information content (AvgIpc) is 3.29. The number of hydrogen-bond donors (Lipinski definition) is 1. The number of alkyl halides is 1. The molecule has 1 N–H and O–H groups in total. The number of carbonyl (C=O) groups excluding carboxylic acids is 1. The van der Waals surface area contributed by atoms with Crippen molar-refractivity contribution in [1.82, 2.24) is 0 Å². The number of fused-ring (bicyclic) bond motifs is 3. The molecule has 41 heavy (non-hydrogen) atoms. The maximum atomic E-state index is 13.2. The Bertz CT molecular complexity index is 1480. The highest BCUT2D eigenvalue weighted by Crippen LogP contribution is 2.58. The summed E-state index contributed by atoms with van der Waals surface area (Å²) >= 11 is 21.6. The van der Waals surface area contributed by atoms with E-state index in [1.54, 1.807) is 30.3 Å². The van der Waals surface area contributed by atoms with E-state index in [1.165, 1.54) is 24.2 Å². The first kappa shape index (κ1) is 28.7. The van der Waals surface area contributed by atoms with Gasteiger partial charge in [0.1, 0.15) is 6.10 Å². The Morgan fingerprint density at radius 2 is 1.78 bits per heavy atom. The summed E-state index contributed by atoms with van der Waals surface area (Å²) in [5.74, 6) is -0.407. The molecule has 0 radical (unpaired) electrons. The predicted molar refractivity (Wildman–Crippen MR) is 165 cm³/mol. The standard InChI is InChI=1S/C31H29Cl3N2O4S/c32-18-11-12-20(23(33)15-18)30-22-16-27(41-26-9-5-4-8-25(26)36(38)39)29(34)28(22)21-14-17(10-13-24(21)35-30)31(37)40-19-6-2-1-3-7-19/h4-5,8-15,19,22,27-30,35H,1-3,6-7,16H2. The third kappa shape index (κ3) is 5.79. The van der Waals surface area contributed by atoms with E-state index in [0.29, 0.717) is 26.9 Å². The van der Waals surface area contributed by atoms with Crippen LogP contribution in [-0.2, 0) is 4.74 Å². The second-order valence-corrected chi connectivity index (χ2v) is 13.6. The van der Waals surface area contributed by atoms with Crippen molar-refractivity contribution >= 4 is 63.9 Å². The van der Waals surface area contributed by atoms with Crippen LogP contribution in [0.2, 0.25) is 10.0 Å². The molecule has 0 aromatic heterocycles. The molecule has 2 aliphatic carbocycles. The molecule has 10 heteroatoms. The van der Waals surface area contributed by atoms with Gasteiger partial charge in [0.25, 0.3) is 5.69 Å². The number of para-hydroxylation sites is 1. The Balaban J connectivity index is 1.36. The fourth-order valence-corrected chi connectivity index (χ4v) is 9.05. The van der Waals surface area contributed by atoms with Crippen LogP contribution in [0.5, 0.6) is 0 Å². The van der Waals surface area contributed by atoms with Crippen molar-refractivity contribution in [3.63, 3.8) is 0 Å². The second-order valence-electron chi connectivity index (χ2n) is 11.0. The molecule has 3 aromatic rings. The molecule has 1 aliphatic heterocycles. The first-order chi connectivity index (χ1) is 19.8. The van der Waals surface area contributed by atoms with Gasteiger partial charge in [0.2, 0.25) is 0 Å². The van der Waals surface area contributed by atoms with Gasteiger partial charge in [-0.1, -0.05) is 47.8 Å². The fraction of sp³-hybridized carbons (Fsp3) is 0.387. The Labute approximate surface area is 258 Å². The number of nitro groups is 1. The lowest BCUT2D eigenvalue weighted by Crippen LogP contribution is -2.31. The summed E-state index contributed by atoms with van der Waals surface area (Å²) in [6.07, 6.45) is 5.81. The number of thioether (sulfide) groups is 1. The summed E-state index contributed by atoms with van der Waals surface area (Å²) in [6.45, 7) is 0. The summed E-state index contributed by atoms with van der Waals surface area (Å²) in [6, 6.07) is 17.7. The van der Waals surface area contributed by atoms with Gasteiger partial charge in [-0.3, -0.25) is 10.1 Å². The van der Waals surface area contributed by atoms with Crippen molar-refractivity contribution in [2.75, 3.05) is 5.32 Å². The number of esters is 1. The van der Waals surface area contributed by atoms with Crippen LogP contribution in [-0.4, -0.2) is 27.6 Å². The summed E-state index contributed by atoms with van der Waals surface area (Å²) in [5.41, 5.74) is 3.34. The van der Waals surface area contributed by atoms with E-state index in [4.69, 9.17) is 39.5 Å². The number of ether oxygens (including phenoxy) is 1. The molecule has 1 heterocycles. The molecule has 3 aliphatic rings. The number of nitrogens with one attached hydrogen (secondary N) is 1. The van der Waals surface area contributed by atoms with Crippen LogP contribution in [0.25, 0.3) is 0 Å². The number of carbonyl (C=O) groups is 1. The third-order valence-corrected chi connectivity index (χ3v) is 11.2. The van der Waals surface area contributed by atoms with Gasteiger partial charge in [0, 0.05) is 33.0 Å². The van der Waals surface area contributed by atoms with Gasteiger partial charge >= 0.3 is 5.97 Å². The zero-order valence-electron chi connectivity index (χ0n) is 22.1. The molecule has 6 rings (SSSR count). The van der Waals surface area contributed by atoms with Crippen LogP contribution in [0, 0.1) is 16.0 Å². The van der Waals surface area contributed by atoms with Crippen molar-refractivity contribution in [3.05, 3.63) is 97.5 Å². The first-order valence-corrected chi connectivity index (χ1v) is 16.0. The normalized spacial score (nSPS) is 25.6. The molecule has 0 amide bonds. The largest absolute Gasteiger partial charge is 0.459 e. The SMILES string of the molecule is O=C(OC1CCCCC1)c1ccc2c(c1)C1C(Cl)C(Sc3ccccc3[N+](=O)[O-])CC1C(c1ccc(Cl)cc1Cl)N2. The summed E-state index contributed by atoms with van der Waals surface area (Å²) < 4.78 is 5.87. The van der Waals surface area contributed by atoms with Crippen LogP contribution in [0.15, 0.2) is 65.6 Å². The molecule has 3 aromatic carbocycles. The Hall–Kier alpha value is -2.45. The Morgan fingerprint density at radius 1 is 1.00 bits per heavy atom. The number of hydrogen-bond acceptors (Lipinski definition) is 6. The minimum Gasteiger partial charge on any atom is -0.459 e. The van der Waals surface area contributed by atoms with Crippen molar-refractivity contribution in [2.45, 2.75) is 72.1 Å². The van der Waals surface area contributed by atoms with Crippen molar-refractivity contribution in [1.29, 1.82) is 0 Å². The number of halogens is 3. The minimum absolute atomic E-state index is 0.0218. The van der Waals surface area contributed by atoms with Crippen LogP contribution in [0.3, 0.4) is 0 Å². The van der Waals surface area contributed by atoms with Gasteiger partial charge in [0.15, 0.2) is 0 Å². The van der Waals surface area contributed by atoms with Gasteiger partial charge in [-0.2, -0.15) is 0 Å². The molecule has 2 fully saturated rings. The molecule has 6 nitrogen and oxygen atoms in total. The highest BCUT2D eigenvalue weighted by Gasteiger charge is 2.51. The van der Waals surface area contributed by atoms with Crippen LogP contribution < -0.4 is 5.32 Å². The quantitative estimate of drug-likeness (QED) is 0.126. The number of rotatable bonds is 6. The molecular formula is C31H29Cl3N2O4S. The lowest BCUT2D eigenvalue weighted by molar-refractivity contribution is -0.387. The van der Waals surface area contributed by atoms with Gasteiger partial charge < -0.3 is 10.1 Å². The van der Waals surface area contributed by atoms with Crippen molar-refractivity contribution < 1.29 is 14.5 Å². The molecule has 2 saturated carbocycles. The molecule has 0 saturated heterocycles. The van der Waals surface area contributed by atoms with Crippen LogP contribution in [0.1, 0.15) is 72.0 Å². The number of nitro benzene ring substituents is 1. The third-order valence-electron chi connectivity index (χ3n) is 8.51. The number of benzene rings is 3. The highest BCUT2D eigenvalue weighted by atomic mass is 35.5. The topological polar surface area (TPSA) is 81.5 Å². The van der Waals surface area contributed by atoms with Crippen LogP contribution >= 0.6 is 46.6 Å². The average molecular weight is 632 g/mol. The maximum Gasteiger partial charge on any atom is 0.338 e. The van der Waals surface area contributed by atoms with Crippen molar-refractivity contribution in [3.8, 4) is 0 Å². The summed E-state index contributed by atoms with van der Waals surface area (Å²) in [5, 5.41) is 16.1. The summed E-state index contributed by atoms with van der Waals surface area (Å²) in [4.78, 5) is 25.1. The van der Waals surface area contributed by atoms with E-state index in [0.717, 1.165) is 42.5 Å². The molecule has 5 unspecified atom stereocenters. The van der Waals surface area contributed by atoms with E-state index < -0.39 is 0 Å².